The van der Waals surface area contributed by atoms with Crippen molar-refractivity contribution in [2.45, 2.75) is 25.3 Å². The summed E-state index contributed by atoms with van der Waals surface area (Å²) in [7, 11) is 2.12. The van der Waals surface area contributed by atoms with Crippen LogP contribution in [0.15, 0.2) is 18.2 Å². The third-order valence-electron chi connectivity index (χ3n) is 3.55. The minimum Gasteiger partial charge on any atom is -0.382 e. The molecule has 1 aromatic carbocycles. The zero-order valence-electron chi connectivity index (χ0n) is 11.2. The zero-order valence-corrected chi connectivity index (χ0v) is 11.2. The molecule has 5 heteroatoms. The molecule has 1 aromatic rings. The van der Waals surface area contributed by atoms with Crippen LogP contribution >= 0.6 is 0 Å². The van der Waals surface area contributed by atoms with E-state index in [2.05, 4.69) is 17.3 Å². The highest BCUT2D eigenvalue weighted by molar-refractivity contribution is 5.94. The van der Waals surface area contributed by atoms with Crippen LogP contribution in [0.2, 0.25) is 0 Å². The summed E-state index contributed by atoms with van der Waals surface area (Å²) in [6, 6.07) is 4.78. The first-order valence-electron chi connectivity index (χ1n) is 6.60. The molecule has 19 heavy (non-hydrogen) atoms. The van der Waals surface area contributed by atoms with E-state index in [0.717, 1.165) is 38.0 Å². The summed E-state index contributed by atoms with van der Waals surface area (Å²) in [5.74, 6) is -1.31. The Morgan fingerprint density at radius 1 is 1.42 bits per heavy atom. The van der Waals surface area contributed by atoms with Crippen molar-refractivity contribution >= 4 is 11.6 Å². The van der Waals surface area contributed by atoms with Crippen LogP contribution in [0.4, 0.5) is 10.1 Å². The molecular weight excluding hydrogens is 245 g/mol. The Kier molecular flexibility index (Phi) is 4.37. The second-order valence-corrected chi connectivity index (χ2v) is 5.13. The highest BCUT2D eigenvalue weighted by Crippen LogP contribution is 2.19. The van der Waals surface area contributed by atoms with Gasteiger partial charge in [0.2, 0.25) is 0 Å². The third kappa shape index (κ3) is 3.67. The molecular formula is C14H20FN3O. The molecule has 1 atom stereocenters. The molecule has 3 N–H and O–H groups in total. The fraction of sp³-hybridized carbons (Fsp3) is 0.500. The Morgan fingerprint density at radius 2 is 2.21 bits per heavy atom. The van der Waals surface area contributed by atoms with Gasteiger partial charge in [-0.05, 0) is 57.6 Å². The molecule has 1 unspecified atom stereocenters. The van der Waals surface area contributed by atoms with E-state index in [1.165, 1.54) is 12.1 Å². The Bertz CT molecular complexity index is 464. The number of nitrogens with one attached hydrogen (secondary N) is 1. The summed E-state index contributed by atoms with van der Waals surface area (Å²) in [6.07, 6.45) is 3.26. The molecule has 4 nitrogen and oxygen atoms in total. The second-order valence-electron chi connectivity index (χ2n) is 5.13. The smallest absolute Gasteiger partial charge is 0.251 e. The molecule has 0 spiro atoms. The lowest BCUT2D eigenvalue weighted by Gasteiger charge is -2.18. The van der Waals surface area contributed by atoms with Gasteiger partial charge in [0, 0.05) is 11.7 Å². The first-order valence-corrected chi connectivity index (χ1v) is 6.60. The number of anilines is 1. The average molecular weight is 265 g/mol. The van der Waals surface area contributed by atoms with Gasteiger partial charge in [0.15, 0.2) is 0 Å². The van der Waals surface area contributed by atoms with Crippen LogP contribution < -0.4 is 11.1 Å². The fourth-order valence-electron chi connectivity index (χ4n) is 2.42. The quantitative estimate of drug-likeness (QED) is 0.876. The molecule has 1 amide bonds. The van der Waals surface area contributed by atoms with Gasteiger partial charge >= 0.3 is 0 Å². The van der Waals surface area contributed by atoms with Gasteiger partial charge in [-0.3, -0.25) is 4.79 Å². The first kappa shape index (κ1) is 13.8. The standard InChI is InChI=1S/C14H20FN3O/c1-18-7-2-3-10(6-8-18)17-11-4-5-13(15)12(9-11)14(16)19/h4-5,9-10,17H,2-3,6-8H2,1H3,(H2,16,19). The van der Waals surface area contributed by atoms with Crippen LogP contribution in [0.25, 0.3) is 0 Å². The van der Waals surface area contributed by atoms with Crippen LogP contribution in [0.3, 0.4) is 0 Å². The van der Waals surface area contributed by atoms with E-state index in [0.29, 0.717) is 6.04 Å². The SMILES string of the molecule is CN1CCCC(Nc2ccc(F)c(C(N)=O)c2)CC1. The van der Waals surface area contributed by atoms with Crippen molar-refractivity contribution in [3.63, 3.8) is 0 Å². The van der Waals surface area contributed by atoms with Crippen molar-refractivity contribution < 1.29 is 9.18 Å². The molecule has 1 heterocycles. The topological polar surface area (TPSA) is 58.4 Å². The number of amides is 1. The van der Waals surface area contributed by atoms with Crippen LogP contribution in [0, 0.1) is 5.82 Å². The number of benzene rings is 1. The molecule has 0 radical (unpaired) electrons. The van der Waals surface area contributed by atoms with Crippen molar-refractivity contribution in [1.29, 1.82) is 0 Å². The minimum atomic E-state index is -0.734. The number of nitrogens with two attached hydrogens (primary N) is 1. The van der Waals surface area contributed by atoms with Gasteiger partial charge in [-0.2, -0.15) is 0 Å². The third-order valence-corrected chi connectivity index (χ3v) is 3.55. The van der Waals surface area contributed by atoms with E-state index in [9.17, 15) is 9.18 Å². The van der Waals surface area contributed by atoms with Gasteiger partial charge in [-0.25, -0.2) is 4.39 Å². The molecule has 104 valence electrons. The maximum absolute atomic E-state index is 13.4. The first-order chi connectivity index (χ1) is 9.06. The Hall–Kier alpha value is -1.62. The summed E-state index contributed by atoms with van der Waals surface area (Å²) in [6.45, 7) is 2.15. The molecule has 0 aliphatic carbocycles. The van der Waals surface area contributed by atoms with E-state index >= 15 is 0 Å². The lowest BCUT2D eigenvalue weighted by atomic mass is 10.1. The summed E-state index contributed by atoms with van der Waals surface area (Å²) in [5.41, 5.74) is 5.84. The normalized spacial score (nSPS) is 20.8. The second kappa shape index (κ2) is 6.02. The van der Waals surface area contributed by atoms with Crippen LogP contribution in [0.5, 0.6) is 0 Å². The molecule has 0 aromatic heterocycles. The lowest BCUT2D eigenvalue weighted by Crippen LogP contribution is -2.23. The van der Waals surface area contributed by atoms with E-state index in [1.54, 1.807) is 6.07 Å². The molecule has 1 saturated heterocycles. The Balaban J connectivity index is 2.06. The maximum atomic E-state index is 13.4. The number of rotatable bonds is 3. The van der Waals surface area contributed by atoms with Crippen LogP contribution in [0.1, 0.15) is 29.6 Å². The van der Waals surface area contributed by atoms with Crippen molar-refractivity contribution in [3.05, 3.63) is 29.6 Å². The van der Waals surface area contributed by atoms with Gasteiger partial charge in [-0.15, -0.1) is 0 Å². The number of likely N-dealkylation sites (tertiary alicyclic amines) is 1. The fourth-order valence-corrected chi connectivity index (χ4v) is 2.42. The van der Waals surface area contributed by atoms with Crippen LogP contribution in [-0.4, -0.2) is 37.0 Å². The average Bonchev–Trinajstić information content (AvgIpc) is 2.56. The predicted octanol–water partition coefficient (Wildman–Crippen LogP) is 1.82. The maximum Gasteiger partial charge on any atom is 0.251 e. The highest BCUT2D eigenvalue weighted by Gasteiger charge is 2.16. The van der Waals surface area contributed by atoms with Gasteiger partial charge in [0.05, 0.1) is 5.56 Å². The molecule has 0 saturated carbocycles. The van der Waals surface area contributed by atoms with Gasteiger partial charge in [0.25, 0.3) is 5.91 Å². The number of carbonyl (C=O) groups excluding carboxylic acids is 1. The summed E-state index contributed by atoms with van der Waals surface area (Å²) in [5, 5.41) is 3.36. The lowest BCUT2D eigenvalue weighted by molar-refractivity contribution is 0.0996. The number of halogens is 1. The highest BCUT2D eigenvalue weighted by atomic mass is 19.1. The van der Waals surface area contributed by atoms with E-state index in [4.69, 9.17) is 5.73 Å². The number of hydrogen-bond acceptors (Lipinski definition) is 3. The molecule has 2 rings (SSSR count). The van der Waals surface area contributed by atoms with Gasteiger partial charge in [-0.1, -0.05) is 0 Å². The molecule has 0 bridgehead atoms. The van der Waals surface area contributed by atoms with E-state index in [1.807, 2.05) is 0 Å². The monoisotopic (exact) mass is 265 g/mol. The Morgan fingerprint density at radius 3 is 2.95 bits per heavy atom. The van der Waals surface area contributed by atoms with Crippen LogP contribution in [-0.2, 0) is 0 Å². The van der Waals surface area contributed by atoms with Gasteiger partial charge in [0.1, 0.15) is 5.82 Å². The summed E-state index contributed by atoms with van der Waals surface area (Å²) >= 11 is 0. The summed E-state index contributed by atoms with van der Waals surface area (Å²) < 4.78 is 13.4. The van der Waals surface area contributed by atoms with E-state index < -0.39 is 11.7 Å². The minimum absolute atomic E-state index is 0.0595. The summed E-state index contributed by atoms with van der Waals surface area (Å²) in [4.78, 5) is 13.4. The van der Waals surface area contributed by atoms with Crippen molar-refractivity contribution in [3.8, 4) is 0 Å². The van der Waals surface area contributed by atoms with Crippen molar-refractivity contribution in [2.24, 2.45) is 5.73 Å². The number of primary amides is 1. The number of nitrogens with zero attached hydrogens (tertiary/aromatic N) is 1. The zero-order chi connectivity index (χ0) is 13.8. The molecule has 1 aliphatic heterocycles. The molecule has 1 aliphatic rings. The largest absolute Gasteiger partial charge is 0.382 e. The predicted molar refractivity (Wildman–Crippen MR) is 73.7 cm³/mol. The number of hydrogen-bond donors (Lipinski definition) is 2. The number of carbonyl (C=O) groups is 1. The van der Waals surface area contributed by atoms with Gasteiger partial charge < -0.3 is 16.0 Å². The van der Waals surface area contributed by atoms with E-state index in [-0.39, 0.29) is 5.56 Å². The molecule has 1 fully saturated rings. The Labute approximate surface area is 112 Å². The van der Waals surface area contributed by atoms with Crippen molar-refractivity contribution in [1.82, 2.24) is 4.90 Å². The van der Waals surface area contributed by atoms with Crippen molar-refractivity contribution in [2.75, 3.05) is 25.5 Å².